The van der Waals surface area contributed by atoms with Crippen molar-refractivity contribution in [2.24, 2.45) is 5.73 Å². The molecule has 0 radical (unpaired) electrons. The molecule has 1 saturated heterocycles. The van der Waals surface area contributed by atoms with E-state index in [1.165, 1.54) is 6.42 Å². The number of ether oxygens (including phenoxy) is 1. The summed E-state index contributed by atoms with van der Waals surface area (Å²) < 4.78 is 5.83. The molecule has 1 saturated carbocycles. The maximum Gasteiger partial charge on any atom is 0.328 e. The number of thioether (sulfide) groups is 1. The largest absolute Gasteiger partial charge is 0.461 e. The van der Waals surface area contributed by atoms with E-state index < -0.39 is 6.04 Å². The summed E-state index contributed by atoms with van der Waals surface area (Å²) in [5.41, 5.74) is 6.81. The van der Waals surface area contributed by atoms with Crippen molar-refractivity contribution in [1.82, 2.24) is 15.1 Å². The van der Waals surface area contributed by atoms with Crippen LogP contribution in [0.2, 0.25) is 0 Å². The third-order valence-corrected chi connectivity index (χ3v) is 8.69. The van der Waals surface area contributed by atoms with Gasteiger partial charge in [-0.2, -0.15) is 11.8 Å². The van der Waals surface area contributed by atoms with Gasteiger partial charge in [0.25, 0.3) is 0 Å². The second kappa shape index (κ2) is 15.4. The van der Waals surface area contributed by atoms with E-state index in [0.29, 0.717) is 26.1 Å². The Bertz CT molecular complexity index is 1130. The minimum absolute atomic E-state index is 0.00221. The predicted octanol–water partition coefficient (Wildman–Crippen LogP) is 3.71. The molecule has 0 aromatic heterocycles. The highest BCUT2D eigenvalue weighted by Gasteiger charge is 2.31. The van der Waals surface area contributed by atoms with E-state index in [4.69, 9.17) is 10.5 Å². The number of nitrogens with zero attached hydrogens (tertiary/aromatic N) is 2. The number of carbonyl (C=O) groups is 3. The Kier molecular flexibility index (Phi) is 11.7. The molecule has 2 aliphatic rings. The Morgan fingerprint density at radius 2 is 1.85 bits per heavy atom. The fraction of sp³-hybridized carbons (Fsp3) is 0.581. The van der Waals surface area contributed by atoms with E-state index in [9.17, 15) is 14.4 Å². The van der Waals surface area contributed by atoms with Crippen LogP contribution in [-0.2, 0) is 25.7 Å². The lowest BCUT2D eigenvalue weighted by molar-refractivity contribution is -0.154. The normalized spacial score (nSPS) is 18.7. The van der Waals surface area contributed by atoms with Gasteiger partial charge in [-0.1, -0.05) is 48.9 Å². The number of rotatable bonds is 13. The predicted molar refractivity (Wildman–Crippen MR) is 161 cm³/mol. The van der Waals surface area contributed by atoms with Crippen molar-refractivity contribution >= 4 is 40.3 Å². The van der Waals surface area contributed by atoms with E-state index in [1.807, 2.05) is 29.4 Å². The molecular formula is C31H44N4O4S. The fourth-order valence-corrected chi connectivity index (χ4v) is 6.45. The number of hydrogen-bond acceptors (Lipinski definition) is 7. The molecule has 0 bridgehead atoms. The number of esters is 1. The monoisotopic (exact) mass is 568 g/mol. The summed E-state index contributed by atoms with van der Waals surface area (Å²) >= 11 is 1.65. The molecule has 218 valence electrons. The first-order valence-electron chi connectivity index (χ1n) is 14.7. The summed E-state index contributed by atoms with van der Waals surface area (Å²) in [4.78, 5) is 43.0. The smallest absolute Gasteiger partial charge is 0.328 e. The van der Waals surface area contributed by atoms with Gasteiger partial charge in [-0.05, 0) is 73.3 Å². The molecule has 1 aliphatic carbocycles. The zero-order valence-corrected chi connectivity index (χ0v) is 24.5. The molecule has 4 rings (SSSR count). The minimum atomic E-state index is -0.664. The van der Waals surface area contributed by atoms with Gasteiger partial charge in [0, 0.05) is 25.7 Å². The third-order valence-electron chi connectivity index (χ3n) is 8.05. The molecule has 2 aromatic rings. The van der Waals surface area contributed by atoms with E-state index in [2.05, 4.69) is 34.5 Å². The highest BCUT2D eigenvalue weighted by Crippen LogP contribution is 2.24. The number of likely N-dealkylation sites (tertiary alicyclic amines) is 1. The average molecular weight is 569 g/mol. The van der Waals surface area contributed by atoms with E-state index in [0.717, 1.165) is 60.6 Å². The summed E-state index contributed by atoms with van der Waals surface area (Å²) in [5, 5.41) is 5.29. The molecule has 1 heterocycles. The zero-order valence-electron chi connectivity index (χ0n) is 23.7. The highest BCUT2D eigenvalue weighted by atomic mass is 32.2. The van der Waals surface area contributed by atoms with Crippen LogP contribution in [0, 0.1) is 0 Å². The van der Waals surface area contributed by atoms with Crippen molar-refractivity contribution in [2.75, 3.05) is 38.2 Å². The molecular weight excluding hydrogens is 524 g/mol. The Labute approximate surface area is 242 Å². The van der Waals surface area contributed by atoms with Gasteiger partial charge in [0.15, 0.2) is 0 Å². The Morgan fingerprint density at radius 3 is 2.62 bits per heavy atom. The first-order chi connectivity index (χ1) is 19.5. The average Bonchev–Trinajstić information content (AvgIpc) is 3.43. The lowest BCUT2D eigenvalue weighted by Crippen LogP contribution is -2.50. The van der Waals surface area contributed by atoms with Crippen molar-refractivity contribution in [3.05, 3.63) is 48.0 Å². The molecule has 1 aliphatic heterocycles. The van der Waals surface area contributed by atoms with Gasteiger partial charge < -0.3 is 20.7 Å². The molecule has 0 spiro atoms. The third kappa shape index (κ3) is 8.44. The quantitative estimate of drug-likeness (QED) is 0.355. The number of fused-ring (bicyclic) bond motifs is 1. The minimum Gasteiger partial charge on any atom is -0.461 e. The second-order valence-electron chi connectivity index (χ2n) is 11.0. The summed E-state index contributed by atoms with van der Waals surface area (Å²) in [5.74, 6) is 0.162. The SMILES string of the molecule is CSCC[C@H](NC(=O)CN(Cc1cccc2ccccc12)C[C@@H]1CCCN1C(=O)CN)C(=O)OC1CCCCC1. The molecule has 8 nitrogen and oxygen atoms in total. The zero-order chi connectivity index (χ0) is 28.3. The summed E-state index contributed by atoms with van der Waals surface area (Å²) in [6, 6.07) is 13.8. The van der Waals surface area contributed by atoms with Crippen LogP contribution in [0.15, 0.2) is 42.5 Å². The van der Waals surface area contributed by atoms with E-state index in [1.54, 1.807) is 11.8 Å². The number of nitrogens with one attached hydrogen (secondary N) is 1. The summed E-state index contributed by atoms with van der Waals surface area (Å²) in [7, 11) is 0. The maximum atomic E-state index is 13.5. The van der Waals surface area contributed by atoms with Crippen molar-refractivity contribution in [2.45, 2.75) is 76.1 Å². The van der Waals surface area contributed by atoms with Gasteiger partial charge in [0.1, 0.15) is 12.1 Å². The molecule has 3 N–H and O–H groups in total. The van der Waals surface area contributed by atoms with Crippen LogP contribution in [-0.4, -0.2) is 84.0 Å². The van der Waals surface area contributed by atoms with E-state index >= 15 is 0 Å². The number of amides is 2. The number of hydrogen-bond donors (Lipinski definition) is 2. The van der Waals surface area contributed by atoms with Gasteiger partial charge >= 0.3 is 5.97 Å². The van der Waals surface area contributed by atoms with Crippen LogP contribution in [0.1, 0.15) is 56.9 Å². The van der Waals surface area contributed by atoms with Crippen molar-refractivity contribution in [3.8, 4) is 0 Å². The number of benzene rings is 2. The Hall–Kier alpha value is -2.62. The van der Waals surface area contributed by atoms with Crippen molar-refractivity contribution in [1.29, 1.82) is 0 Å². The van der Waals surface area contributed by atoms with Crippen LogP contribution in [0.3, 0.4) is 0 Å². The molecule has 2 amide bonds. The van der Waals surface area contributed by atoms with E-state index in [-0.39, 0.29) is 43.0 Å². The molecule has 2 atom stereocenters. The van der Waals surface area contributed by atoms with Gasteiger partial charge in [0.2, 0.25) is 11.8 Å². The Balaban J connectivity index is 1.48. The van der Waals surface area contributed by atoms with Gasteiger partial charge in [-0.3, -0.25) is 14.5 Å². The lowest BCUT2D eigenvalue weighted by Gasteiger charge is -2.31. The maximum absolute atomic E-state index is 13.5. The molecule has 9 heteroatoms. The molecule has 2 fully saturated rings. The lowest BCUT2D eigenvalue weighted by atomic mass is 9.98. The second-order valence-corrected chi connectivity index (χ2v) is 12.0. The fourth-order valence-electron chi connectivity index (χ4n) is 5.98. The van der Waals surface area contributed by atoms with Crippen molar-refractivity contribution in [3.63, 3.8) is 0 Å². The summed E-state index contributed by atoms with van der Waals surface area (Å²) in [6.45, 7) is 1.92. The first-order valence-corrected chi connectivity index (χ1v) is 16.0. The van der Waals surface area contributed by atoms with Crippen LogP contribution in [0.25, 0.3) is 10.8 Å². The molecule has 0 unspecified atom stereocenters. The van der Waals surface area contributed by atoms with Crippen molar-refractivity contribution < 1.29 is 19.1 Å². The summed E-state index contributed by atoms with van der Waals surface area (Å²) in [6.07, 6.45) is 9.41. The first kappa shape index (κ1) is 30.3. The van der Waals surface area contributed by atoms with Crippen LogP contribution in [0.4, 0.5) is 0 Å². The van der Waals surface area contributed by atoms with Crippen LogP contribution >= 0.6 is 11.8 Å². The van der Waals surface area contributed by atoms with Gasteiger partial charge in [-0.25, -0.2) is 4.79 Å². The van der Waals surface area contributed by atoms with Crippen LogP contribution in [0.5, 0.6) is 0 Å². The standard InChI is InChI=1S/C31H44N4O4S/c1-40-18-16-28(31(38)39-26-13-3-2-4-14-26)33-29(36)22-34(21-25-12-8-17-35(25)30(37)19-32)20-24-11-7-10-23-9-5-6-15-27(23)24/h5-7,9-11,15,25-26,28H,2-4,8,12-14,16-22,32H2,1H3,(H,33,36)/t25-,28-/m0/s1. The van der Waals surface area contributed by atoms with Gasteiger partial charge in [-0.15, -0.1) is 0 Å². The van der Waals surface area contributed by atoms with Crippen LogP contribution < -0.4 is 11.1 Å². The topological polar surface area (TPSA) is 105 Å². The van der Waals surface area contributed by atoms with Gasteiger partial charge in [0.05, 0.1) is 13.1 Å². The number of nitrogens with two attached hydrogens (primary N) is 1. The molecule has 40 heavy (non-hydrogen) atoms. The highest BCUT2D eigenvalue weighted by molar-refractivity contribution is 7.98. The molecule has 2 aromatic carbocycles. The Morgan fingerprint density at radius 1 is 1.07 bits per heavy atom. The number of carbonyl (C=O) groups excluding carboxylic acids is 3.